The second kappa shape index (κ2) is 10.5. The summed E-state index contributed by atoms with van der Waals surface area (Å²) in [6.07, 6.45) is 1.79. The Balaban J connectivity index is 1.53. The van der Waals surface area contributed by atoms with Crippen molar-refractivity contribution < 1.29 is 18.7 Å². The Labute approximate surface area is 200 Å². The Morgan fingerprint density at radius 2 is 1.85 bits per heavy atom. The van der Waals surface area contributed by atoms with E-state index in [9.17, 15) is 14.0 Å². The van der Waals surface area contributed by atoms with Crippen molar-refractivity contribution in [1.82, 2.24) is 9.91 Å². The van der Waals surface area contributed by atoms with E-state index in [2.05, 4.69) is 6.07 Å². The molecule has 0 aromatic heterocycles. The zero-order valence-electron chi connectivity index (χ0n) is 20.1. The molecule has 0 saturated carbocycles. The van der Waals surface area contributed by atoms with Gasteiger partial charge in [0, 0.05) is 17.5 Å². The van der Waals surface area contributed by atoms with E-state index in [1.165, 1.54) is 11.1 Å². The molecule has 34 heavy (non-hydrogen) atoms. The van der Waals surface area contributed by atoms with Crippen molar-refractivity contribution in [2.45, 2.75) is 46.1 Å². The van der Waals surface area contributed by atoms with E-state index in [1.54, 1.807) is 25.1 Å². The number of hydrogen-bond donors (Lipinski definition) is 0. The van der Waals surface area contributed by atoms with Crippen molar-refractivity contribution in [2.24, 2.45) is 11.0 Å². The van der Waals surface area contributed by atoms with Crippen molar-refractivity contribution in [2.75, 3.05) is 26.2 Å². The predicted molar refractivity (Wildman–Crippen MR) is 129 cm³/mol. The van der Waals surface area contributed by atoms with Gasteiger partial charge >= 0.3 is 5.97 Å². The van der Waals surface area contributed by atoms with Gasteiger partial charge in [0.05, 0.1) is 30.8 Å². The molecule has 1 amide bonds. The molecule has 6 nitrogen and oxygen atoms in total. The van der Waals surface area contributed by atoms with Gasteiger partial charge in [-0.3, -0.25) is 14.5 Å². The molecule has 1 fully saturated rings. The maximum atomic E-state index is 14.7. The second-order valence-corrected chi connectivity index (χ2v) is 9.15. The van der Waals surface area contributed by atoms with Crippen LogP contribution in [0.2, 0.25) is 0 Å². The number of amides is 1. The summed E-state index contributed by atoms with van der Waals surface area (Å²) in [6, 6.07) is 12.3. The summed E-state index contributed by atoms with van der Waals surface area (Å²) in [6.45, 7) is 7.70. The van der Waals surface area contributed by atoms with Crippen LogP contribution in [0.15, 0.2) is 47.6 Å². The molecule has 1 saturated heterocycles. The van der Waals surface area contributed by atoms with E-state index in [4.69, 9.17) is 9.84 Å². The Hall–Kier alpha value is -3.06. The first-order valence-electron chi connectivity index (χ1n) is 12.0. The minimum atomic E-state index is -0.485. The summed E-state index contributed by atoms with van der Waals surface area (Å²) in [5, 5.41) is 6.19. The molecule has 1 atom stereocenters. The minimum Gasteiger partial charge on any atom is -0.466 e. The van der Waals surface area contributed by atoms with Gasteiger partial charge in [-0.15, -0.1) is 0 Å². The SMILES string of the molecule is CCOC(=O)C1CCN(CC(=O)N2N=C(c3cc(C)ccc3C)CC2c2ccccc2F)CC1. The first kappa shape index (κ1) is 24.1. The molecule has 2 aromatic carbocycles. The van der Waals surface area contributed by atoms with Crippen LogP contribution in [0, 0.1) is 25.6 Å². The number of carbonyl (C=O) groups is 2. The zero-order valence-corrected chi connectivity index (χ0v) is 20.1. The number of ether oxygens (including phenoxy) is 1. The Kier molecular flexibility index (Phi) is 7.41. The predicted octanol–water partition coefficient (Wildman–Crippen LogP) is 4.40. The number of benzene rings is 2. The number of halogens is 1. The van der Waals surface area contributed by atoms with E-state index in [-0.39, 0.29) is 30.2 Å². The topological polar surface area (TPSA) is 62.2 Å². The summed E-state index contributed by atoms with van der Waals surface area (Å²) in [5.74, 6) is -0.769. The fraction of sp³-hybridized carbons (Fsp3) is 0.444. The van der Waals surface area contributed by atoms with Gasteiger partial charge in [-0.1, -0.05) is 35.9 Å². The Morgan fingerprint density at radius 1 is 1.12 bits per heavy atom. The number of piperidine rings is 1. The van der Waals surface area contributed by atoms with Crippen LogP contribution in [-0.4, -0.2) is 53.7 Å². The lowest BCUT2D eigenvalue weighted by Crippen LogP contribution is -2.43. The van der Waals surface area contributed by atoms with Crippen LogP contribution in [0.1, 0.15) is 54.5 Å². The first-order chi connectivity index (χ1) is 16.4. The maximum Gasteiger partial charge on any atom is 0.309 e. The highest BCUT2D eigenvalue weighted by Gasteiger charge is 2.36. The molecule has 0 N–H and O–H groups in total. The van der Waals surface area contributed by atoms with E-state index in [0.717, 1.165) is 22.4 Å². The lowest BCUT2D eigenvalue weighted by atomic mass is 9.94. The molecule has 0 aliphatic carbocycles. The summed E-state index contributed by atoms with van der Waals surface area (Å²) in [4.78, 5) is 27.5. The molecule has 1 unspecified atom stereocenters. The van der Waals surface area contributed by atoms with Crippen LogP contribution in [0.25, 0.3) is 0 Å². The second-order valence-electron chi connectivity index (χ2n) is 9.15. The molecule has 7 heteroatoms. The van der Waals surface area contributed by atoms with Crippen molar-refractivity contribution in [1.29, 1.82) is 0 Å². The number of nitrogens with zero attached hydrogens (tertiary/aromatic N) is 3. The smallest absolute Gasteiger partial charge is 0.309 e. The Morgan fingerprint density at radius 3 is 2.56 bits per heavy atom. The molecular weight excluding hydrogens is 433 g/mol. The van der Waals surface area contributed by atoms with Crippen LogP contribution in [0.4, 0.5) is 4.39 Å². The van der Waals surface area contributed by atoms with Gasteiger partial charge in [0.1, 0.15) is 5.82 Å². The molecule has 2 aliphatic rings. The standard InChI is InChI=1S/C27H32FN3O3/c1-4-34-27(33)20-11-13-30(14-12-20)17-26(32)31-25(21-7-5-6-8-23(21)28)16-24(29-31)22-15-18(2)9-10-19(22)3/h5-10,15,20,25H,4,11-14,16-17H2,1-3H3. The number of rotatable bonds is 6. The number of hydrogen-bond acceptors (Lipinski definition) is 5. The largest absolute Gasteiger partial charge is 0.466 e. The number of hydrazone groups is 1. The van der Waals surface area contributed by atoms with Crippen molar-refractivity contribution in [3.63, 3.8) is 0 Å². The third-order valence-corrected chi connectivity index (χ3v) is 6.70. The zero-order chi connectivity index (χ0) is 24.2. The fourth-order valence-corrected chi connectivity index (χ4v) is 4.79. The molecular formula is C27H32FN3O3. The van der Waals surface area contributed by atoms with Gasteiger partial charge in [-0.2, -0.15) is 5.10 Å². The van der Waals surface area contributed by atoms with Crippen LogP contribution >= 0.6 is 0 Å². The van der Waals surface area contributed by atoms with E-state index >= 15 is 0 Å². The van der Waals surface area contributed by atoms with Gasteiger partial charge < -0.3 is 4.74 Å². The highest BCUT2D eigenvalue weighted by atomic mass is 19.1. The van der Waals surface area contributed by atoms with Crippen LogP contribution in [0.5, 0.6) is 0 Å². The average Bonchev–Trinajstić information content (AvgIpc) is 3.27. The third-order valence-electron chi connectivity index (χ3n) is 6.70. The molecule has 0 radical (unpaired) electrons. The molecule has 2 aromatic rings. The molecule has 2 heterocycles. The molecule has 2 aliphatic heterocycles. The van der Waals surface area contributed by atoms with Crippen LogP contribution in [0.3, 0.4) is 0 Å². The summed E-state index contributed by atoms with van der Waals surface area (Å²) < 4.78 is 19.9. The monoisotopic (exact) mass is 465 g/mol. The first-order valence-corrected chi connectivity index (χ1v) is 12.0. The van der Waals surface area contributed by atoms with E-state index in [0.29, 0.717) is 44.5 Å². The number of aryl methyl sites for hydroxylation is 2. The van der Waals surface area contributed by atoms with Crippen LogP contribution < -0.4 is 0 Å². The van der Waals surface area contributed by atoms with Gasteiger partial charge in [0.2, 0.25) is 0 Å². The fourth-order valence-electron chi connectivity index (χ4n) is 4.79. The maximum absolute atomic E-state index is 14.7. The minimum absolute atomic E-state index is 0.113. The highest BCUT2D eigenvalue weighted by Crippen LogP contribution is 2.35. The molecule has 0 bridgehead atoms. The lowest BCUT2D eigenvalue weighted by molar-refractivity contribution is -0.149. The molecule has 0 spiro atoms. The summed E-state index contributed by atoms with van der Waals surface area (Å²) >= 11 is 0. The summed E-state index contributed by atoms with van der Waals surface area (Å²) in [7, 11) is 0. The third kappa shape index (κ3) is 5.20. The quantitative estimate of drug-likeness (QED) is 0.594. The van der Waals surface area contributed by atoms with Gasteiger partial charge in [-0.05, 0) is 64.4 Å². The van der Waals surface area contributed by atoms with Gasteiger partial charge in [-0.25, -0.2) is 9.40 Å². The molecule has 4 rings (SSSR count). The van der Waals surface area contributed by atoms with Gasteiger partial charge in [0.15, 0.2) is 0 Å². The highest BCUT2D eigenvalue weighted by molar-refractivity contribution is 6.04. The normalized spacial score (nSPS) is 19.2. The molecule has 180 valence electrons. The van der Waals surface area contributed by atoms with Crippen LogP contribution in [-0.2, 0) is 14.3 Å². The number of carbonyl (C=O) groups excluding carboxylic acids is 2. The lowest BCUT2D eigenvalue weighted by Gasteiger charge is -2.32. The number of esters is 1. The average molecular weight is 466 g/mol. The van der Waals surface area contributed by atoms with E-state index < -0.39 is 6.04 Å². The summed E-state index contributed by atoms with van der Waals surface area (Å²) in [5.41, 5.74) is 4.45. The van der Waals surface area contributed by atoms with Crippen molar-refractivity contribution in [3.05, 3.63) is 70.5 Å². The van der Waals surface area contributed by atoms with Crippen molar-refractivity contribution in [3.8, 4) is 0 Å². The van der Waals surface area contributed by atoms with Gasteiger partial charge in [0.25, 0.3) is 5.91 Å². The van der Waals surface area contributed by atoms with E-state index in [1.807, 2.05) is 30.9 Å². The Bertz CT molecular complexity index is 1090. The number of likely N-dealkylation sites (tertiary alicyclic amines) is 1. The van der Waals surface area contributed by atoms with Crippen molar-refractivity contribution >= 4 is 17.6 Å².